The molecule has 0 fully saturated rings. The molecule has 118 valence electrons. The molecule has 0 saturated heterocycles. The predicted molar refractivity (Wildman–Crippen MR) is 91.8 cm³/mol. The van der Waals surface area contributed by atoms with E-state index in [0.717, 1.165) is 29.6 Å². The number of hydrogen-bond donors (Lipinski definition) is 2. The van der Waals surface area contributed by atoms with Gasteiger partial charge in [-0.1, -0.05) is 25.1 Å². The summed E-state index contributed by atoms with van der Waals surface area (Å²) in [5.74, 6) is 1.14. The molecule has 1 aromatic carbocycles. The van der Waals surface area contributed by atoms with Gasteiger partial charge in [0.15, 0.2) is 4.77 Å². The highest BCUT2D eigenvalue weighted by Crippen LogP contribution is 2.14. The molecule has 0 bridgehead atoms. The number of benzene rings is 1. The Balaban J connectivity index is 1.76. The first kappa shape index (κ1) is 15.4. The van der Waals surface area contributed by atoms with Crippen molar-refractivity contribution in [3.63, 3.8) is 0 Å². The fraction of sp³-hybridized carbons (Fsp3) is 0.250. The highest BCUT2D eigenvalue weighted by molar-refractivity contribution is 7.71. The molecule has 0 aliphatic carbocycles. The van der Waals surface area contributed by atoms with Crippen LogP contribution in [-0.2, 0) is 17.8 Å². The van der Waals surface area contributed by atoms with Gasteiger partial charge in [0.05, 0.1) is 5.52 Å². The van der Waals surface area contributed by atoms with Gasteiger partial charge in [0, 0.05) is 11.8 Å². The third kappa shape index (κ3) is 3.45. The number of carbonyl (C=O) groups is 1. The second kappa shape index (κ2) is 6.70. The lowest BCUT2D eigenvalue weighted by atomic mass is 10.2. The average Bonchev–Trinajstić information content (AvgIpc) is 2.88. The number of aromatic nitrogens is 4. The van der Waals surface area contributed by atoms with Crippen molar-refractivity contribution in [3.05, 3.63) is 47.0 Å². The molecule has 2 heterocycles. The smallest absolute Gasteiger partial charge is 0.245 e. The van der Waals surface area contributed by atoms with Gasteiger partial charge in [0.1, 0.15) is 18.2 Å². The summed E-state index contributed by atoms with van der Waals surface area (Å²) >= 11 is 5.18. The van der Waals surface area contributed by atoms with Gasteiger partial charge in [-0.15, -0.1) is 0 Å². The number of pyridine rings is 1. The van der Waals surface area contributed by atoms with Gasteiger partial charge in [-0.2, -0.15) is 5.10 Å². The summed E-state index contributed by atoms with van der Waals surface area (Å²) < 4.78 is 2.17. The largest absolute Gasteiger partial charge is 0.309 e. The molecule has 3 rings (SSSR count). The van der Waals surface area contributed by atoms with Crippen LogP contribution >= 0.6 is 12.2 Å². The van der Waals surface area contributed by atoms with Gasteiger partial charge in [-0.3, -0.25) is 14.5 Å². The first-order valence-electron chi connectivity index (χ1n) is 7.47. The lowest BCUT2D eigenvalue weighted by Crippen LogP contribution is -2.21. The quantitative estimate of drug-likeness (QED) is 0.706. The van der Waals surface area contributed by atoms with Crippen LogP contribution in [0.4, 0.5) is 5.82 Å². The summed E-state index contributed by atoms with van der Waals surface area (Å²) in [7, 11) is 0. The Morgan fingerprint density at radius 3 is 2.96 bits per heavy atom. The summed E-state index contributed by atoms with van der Waals surface area (Å²) in [6, 6.07) is 11.5. The average molecular weight is 327 g/mol. The van der Waals surface area contributed by atoms with Crippen molar-refractivity contribution in [3.8, 4) is 0 Å². The SMILES string of the molecule is CCCc1n[nH]c(=S)n1CC(=O)Nc1ccc2ccccc2n1. The van der Waals surface area contributed by atoms with Crippen LogP contribution in [0.5, 0.6) is 0 Å². The minimum atomic E-state index is -0.178. The van der Waals surface area contributed by atoms with Crippen LogP contribution in [0, 0.1) is 4.77 Å². The third-order valence-corrected chi connectivity index (χ3v) is 3.79. The number of hydrogen-bond acceptors (Lipinski definition) is 4. The third-order valence-electron chi connectivity index (χ3n) is 3.48. The lowest BCUT2D eigenvalue weighted by molar-refractivity contribution is -0.116. The maximum atomic E-state index is 12.3. The number of rotatable bonds is 5. The van der Waals surface area contributed by atoms with E-state index in [1.54, 1.807) is 10.6 Å². The van der Waals surface area contributed by atoms with E-state index >= 15 is 0 Å². The summed E-state index contributed by atoms with van der Waals surface area (Å²) in [5.41, 5.74) is 0.844. The number of aryl methyl sites for hydroxylation is 1. The van der Waals surface area contributed by atoms with E-state index in [9.17, 15) is 4.79 Å². The van der Waals surface area contributed by atoms with Crippen molar-refractivity contribution in [2.24, 2.45) is 0 Å². The number of H-pyrrole nitrogens is 1. The molecule has 0 saturated carbocycles. The van der Waals surface area contributed by atoms with Crippen molar-refractivity contribution in [1.82, 2.24) is 19.7 Å². The molecule has 2 aromatic heterocycles. The Bertz CT molecular complexity index is 899. The number of nitrogens with one attached hydrogen (secondary N) is 2. The Morgan fingerprint density at radius 2 is 2.13 bits per heavy atom. The van der Waals surface area contributed by atoms with E-state index in [0.29, 0.717) is 10.6 Å². The summed E-state index contributed by atoms with van der Waals surface area (Å²) in [4.78, 5) is 16.7. The van der Waals surface area contributed by atoms with Crippen LogP contribution in [0.15, 0.2) is 36.4 Å². The number of carbonyl (C=O) groups excluding carboxylic acids is 1. The number of fused-ring (bicyclic) bond motifs is 1. The zero-order valence-electron chi connectivity index (χ0n) is 12.7. The van der Waals surface area contributed by atoms with Crippen LogP contribution in [0.3, 0.4) is 0 Å². The van der Waals surface area contributed by atoms with Crippen molar-refractivity contribution >= 4 is 34.8 Å². The zero-order chi connectivity index (χ0) is 16.2. The molecule has 0 unspecified atom stereocenters. The molecule has 2 N–H and O–H groups in total. The molecular weight excluding hydrogens is 310 g/mol. The summed E-state index contributed by atoms with van der Waals surface area (Å²) in [6.07, 6.45) is 1.71. The van der Waals surface area contributed by atoms with Crippen LogP contribution in [-0.4, -0.2) is 25.7 Å². The minimum Gasteiger partial charge on any atom is -0.309 e. The Morgan fingerprint density at radius 1 is 1.30 bits per heavy atom. The Kier molecular flexibility index (Phi) is 4.47. The second-order valence-electron chi connectivity index (χ2n) is 5.22. The topological polar surface area (TPSA) is 75.6 Å². The van der Waals surface area contributed by atoms with Crippen molar-refractivity contribution in [1.29, 1.82) is 0 Å². The highest BCUT2D eigenvalue weighted by atomic mass is 32.1. The molecule has 0 atom stereocenters. The number of amides is 1. The van der Waals surface area contributed by atoms with Gasteiger partial charge in [0.25, 0.3) is 0 Å². The molecule has 0 spiro atoms. The van der Waals surface area contributed by atoms with Gasteiger partial charge in [0.2, 0.25) is 5.91 Å². The minimum absolute atomic E-state index is 0.124. The fourth-order valence-electron chi connectivity index (χ4n) is 2.39. The maximum Gasteiger partial charge on any atom is 0.245 e. The molecule has 7 heteroatoms. The molecule has 3 aromatic rings. The molecule has 0 radical (unpaired) electrons. The zero-order valence-corrected chi connectivity index (χ0v) is 13.6. The summed E-state index contributed by atoms with van der Waals surface area (Å²) in [6.45, 7) is 2.18. The maximum absolute atomic E-state index is 12.3. The van der Waals surface area contributed by atoms with Crippen LogP contribution in [0.25, 0.3) is 10.9 Å². The fourth-order valence-corrected chi connectivity index (χ4v) is 2.61. The summed E-state index contributed by atoms with van der Waals surface area (Å²) in [5, 5.41) is 10.7. The van der Waals surface area contributed by atoms with Crippen molar-refractivity contribution in [2.45, 2.75) is 26.3 Å². The molecule has 23 heavy (non-hydrogen) atoms. The lowest BCUT2D eigenvalue weighted by Gasteiger charge is -2.08. The number of anilines is 1. The van der Waals surface area contributed by atoms with E-state index in [2.05, 4.69) is 27.4 Å². The molecule has 0 aliphatic rings. The van der Waals surface area contributed by atoms with E-state index < -0.39 is 0 Å². The van der Waals surface area contributed by atoms with Gasteiger partial charge < -0.3 is 5.32 Å². The first-order chi connectivity index (χ1) is 11.2. The van der Waals surface area contributed by atoms with Gasteiger partial charge in [-0.05, 0) is 36.8 Å². The Labute approximate surface area is 138 Å². The first-order valence-corrected chi connectivity index (χ1v) is 7.88. The highest BCUT2D eigenvalue weighted by Gasteiger charge is 2.10. The molecule has 0 aliphatic heterocycles. The monoisotopic (exact) mass is 327 g/mol. The van der Waals surface area contributed by atoms with Gasteiger partial charge in [-0.25, -0.2) is 4.98 Å². The van der Waals surface area contributed by atoms with Crippen LogP contribution in [0.2, 0.25) is 0 Å². The van der Waals surface area contributed by atoms with Crippen molar-refractivity contribution < 1.29 is 4.79 Å². The normalized spacial score (nSPS) is 10.8. The van der Waals surface area contributed by atoms with Crippen LogP contribution < -0.4 is 5.32 Å². The number of aromatic amines is 1. The predicted octanol–water partition coefficient (Wildman–Crippen LogP) is 3.08. The number of nitrogens with zero attached hydrogens (tertiary/aromatic N) is 3. The molecular formula is C16H17N5OS. The van der Waals surface area contributed by atoms with E-state index in [-0.39, 0.29) is 12.5 Å². The van der Waals surface area contributed by atoms with Crippen molar-refractivity contribution in [2.75, 3.05) is 5.32 Å². The standard InChI is InChI=1S/C16H17N5OS/c1-2-5-14-19-20-16(23)21(14)10-15(22)18-13-9-8-11-6-3-4-7-12(11)17-13/h3-4,6-9H,2,5,10H2,1H3,(H,20,23)(H,17,18,22). The van der Waals surface area contributed by atoms with E-state index in [1.807, 2.05) is 30.3 Å². The van der Waals surface area contributed by atoms with Crippen LogP contribution in [0.1, 0.15) is 19.2 Å². The van der Waals surface area contributed by atoms with E-state index in [4.69, 9.17) is 12.2 Å². The molecule has 1 amide bonds. The Hall–Kier alpha value is -2.54. The number of para-hydroxylation sites is 1. The second-order valence-corrected chi connectivity index (χ2v) is 5.61. The van der Waals surface area contributed by atoms with E-state index in [1.165, 1.54) is 0 Å². The van der Waals surface area contributed by atoms with Gasteiger partial charge >= 0.3 is 0 Å². The molecule has 6 nitrogen and oxygen atoms in total.